The number of thiazole rings is 1. The Morgan fingerprint density at radius 2 is 1.71 bits per heavy atom. The van der Waals surface area contributed by atoms with Crippen LogP contribution < -0.4 is 29.1 Å². The number of methoxy groups -OCH3 is 2. The van der Waals surface area contributed by atoms with Crippen molar-refractivity contribution in [2.45, 2.75) is 19.9 Å². The molecule has 1 aliphatic heterocycles. The number of carbonyl (C=O) groups excluding carboxylic acids is 1. The molecule has 0 radical (unpaired) electrons. The molecule has 1 atom stereocenters. The maximum Gasteiger partial charge on any atom is 0.338 e. The van der Waals surface area contributed by atoms with Crippen LogP contribution >= 0.6 is 11.3 Å². The monoisotopic (exact) mass is 570 g/mol. The number of hydrogen-bond acceptors (Lipinski definition) is 8. The smallest absolute Gasteiger partial charge is 0.338 e. The van der Waals surface area contributed by atoms with Gasteiger partial charge < -0.3 is 18.9 Å². The Kier molecular flexibility index (Phi) is 8.35. The van der Waals surface area contributed by atoms with Crippen molar-refractivity contribution >= 4 is 29.1 Å². The maximum absolute atomic E-state index is 14.1. The van der Waals surface area contributed by atoms with Crippen LogP contribution in [0, 0.1) is 0 Å². The fourth-order valence-corrected chi connectivity index (χ4v) is 5.83. The number of hydrogen-bond donors (Lipinski definition) is 0. The van der Waals surface area contributed by atoms with E-state index in [0.717, 1.165) is 11.1 Å². The number of ether oxygens (including phenoxy) is 4. The van der Waals surface area contributed by atoms with Crippen molar-refractivity contribution in [2.24, 2.45) is 4.99 Å². The van der Waals surface area contributed by atoms with Crippen LogP contribution in [0.2, 0.25) is 0 Å². The lowest BCUT2D eigenvalue weighted by atomic mass is 9.93. The lowest BCUT2D eigenvalue weighted by molar-refractivity contribution is -0.138. The Balaban J connectivity index is 1.81. The molecule has 4 aromatic rings. The number of benzene rings is 3. The van der Waals surface area contributed by atoms with Crippen LogP contribution in [0.1, 0.15) is 36.6 Å². The van der Waals surface area contributed by atoms with Gasteiger partial charge >= 0.3 is 5.97 Å². The van der Waals surface area contributed by atoms with Crippen molar-refractivity contribution in [1.29, 1.82) is 0 Å². The first kappa shape index (κ1) is 27.9. The Labute approximate surface area is 241 Å². The first-order valence-electron chi connectivity index (χ1n) is 13.2. The van der Waals surface area contributed by atoms with E-state index in [1.54, 1.807) is 37.9 Å². The molecule has 5 rings (SSSR count). The van der Waals surface area contributed by atoms with E-state index in [4.69, 9.17) is 23.9 Å². The van der Waals surface area contributed by atoms with Gasteiger partial charge in [0.2, 0.25) is 0 Å². The van der Waals surface area contributed by atoms with Crippen LogP contribution in [0.5, 0.6) is 17.2 Å². The van der Waals surface area contributed by atoms with Gasteiger partial charge in [-0.2, -0.15) is 0 Å². The Bertz CT molecular complexity index is 1770. The predicted molar refractivity (Wildman–Crippen MR) is 158 cm³/mol. The number of rotatable bonds is 9. The molecular weight excluding hydrogens is 540 g/mol. The molecule has 1 aliphatic rings. The minimum Gasteiger partial charge on any atom is -0.494 e. The summed E-state index contributed by atoms with van der Waals surface area (Å²) in [4.78, 5) is 33.0. The van der Waals surface area contributed by atoms with Crippen molar-refractivity contribution in [3.8, 4) is 17.2 Å². The summed E-state index contributed by atoms with van der Waals surface area (Å²) in [5.41, 5.74) is 2.63. The van der Waals surface area contributed by atoms with Gasteiger partial charge in [0, 0.05) is 11.1 Å². The van der Waals surface area contributed by atoms with Crippen LogP contribution in [-0.2, 0) is 9.53 Å². The number of esters is 1. The first-order chi connectivity index (χ1) is 20.0. The van der Waals surface area contributed by atoms with Gasteiger partial charge in [0.1, 0.15) is 5.75 Å². The largest absolute Gasteiger partial charge is 0.494 e. The molecule has 41 heavy (non-hydrogen) atoms. The molecular formula is C32H30N2O6S. The predicted octanol–water partition coefficient (Wildman–Crippen LogP) is 4.35. The van der Waals surface area contributed by atoms with Crippen LogP contribution in [0.25, 0.3) is 11.8 Å². The van der Waals surface area contributed by atoms with Gasteiger partial charge in [-0.3, -0.25) is 9.36 Å². The zero-order chi connectivity index (χ0) is 28.9. The third kappa shape index (κ3) is 5.40. The highest BCUT2D eigenvalue weighted by Gasteiger charge is 2.35. The molecule has 0 aliphatic carbocycles. The minimum absolute atomic E-state index is 0.181. The second kappa shape index (κ2) is 12.3. The standard InChI is InChI=1S/C32H30N2O6S/c1-5-39-23-17-15-21(16-18-23)28-26(31(36)40-6-2)27(20-11-8-7-9-12-20)33-32-34(28)30(35)25(41-32)19-22-13-10-14-24(37-3)29(22)38-4/h7-19,28H,5-6H2,1-4H3/b25-19-/t28-/m1/s1. The second-order valence-corrected chi connectivity index (χ2v) is 10.0. The van der Waals surface area contributed by atoms with Gasteiger partial charge in [0.25, 0.3) is 5.56 Å². The van der Waals surface area contributed by atoms with Crippen LogP contribution in [0.15, 0.2) is 88.2 Å². The SMILES string of the molecule is CCOC(=O)C1=C(c2ccccc2)N=c2s/c(=C\c3cccc(OC)c3OC)c(=O)n2[C@@H]1c1ccc(OCC)cc1. The third-order valence-electron chi connectivity index (χ3n) is 6.60. The number of fused-ring (bicyclic) bond motifs is 1. The second-order valence-electron chi connectivity index (χ2n) is 9.02. The normalized spacial score (nSPS) is 14.7. The summed E-state index contributed by atoms with van der Waals surface area (Å²) in [5.74, 6) is 1.23. The molecule has 0 saturated carbocycles. The van der Waals surface area contributed by atoms with Crippen LogP contribution in [0.4, 0.5) is 0 Å². The van der Waals surface area contributed by atoms with Crippen molar-refractivity contribution in [3.63, 3.8) is 0 Å². The van der Waals surface area contributed by atoms with Crippen molar-refractivity contribution in [1.82, 2.24) is 4.57 Å². The fourth-order valence-electron chi connectivity index (χ4n) is 4.84. The zero-order valence-corrected chi connectivity index (χ0v) is 24.1. The highest BCUT2D eigenvalue weighted by atomic mass is 32.1. The van der Waals surface area contributed by atoms with Crippen molar-refractivity contribution < 1.29 is 23.7 Å². The molecule has 210 valence electrons. The number of aromatic nitrogens is 1. The Morgan fingerprint density at radius 3 is 2.37 bits per heavy atom. The minimum atomic E-state index is -0.773. The molecule has 0 unspecified atom stereocenters. The topological polar surface area (TPSA) is 88.4 Å². The molecule has 3 aromatic carbocycles. The van der Waals surface area contributed by atoms with Gasteiger partial charge in [0.05, 0.1) is 49.3 Å². The quantitative estimate of drug-likeness (QED) is 0.278. The zero-order valence-electron chi connectivity index (χ0n) is 23.2. The fraction of sp³-hybridized carbons (Fsp3) is 0.219. The molecule has 2 heterocycles. The lowest BCUT2D eigenvalue weighted by Gasteiger charge is -2.26. The summed E-state index contributed by atoms with van der Waals surface area (Å²) in [5, 5.41) is 0. The van der Waals surface area contributed by atoms with Gasteiger partial charge in [-0.1, -0.05) is 65.9 Å². The van der Waals surface area contributed by atoms with E-state index < -0.39 is 12.0 Å². The molecule has 0 saturated heterocycles. The lowest BCUT2D eigenvalue weighted by Crippen LogP contribution is -2.40. The molecule has 0 amide bonds. The van der Waals surface area contributed by atoms with E-state index in [0.29, 0.717) is 50.0 Å². The van der Waals surface area contributed by atoms with Gasteiger partial charge in [-0.25, -0.2) is 9.79 Å². The van der Waals surface area contributed by atoms with E-state index in [1.165, 1.54) is 11.3 Å². The summed E-state index contributed by atoms with van der Waals surface area (Å²) >= 11 is 1.25. The summed E-state index contributed by atoms with van der Waals surface area (Å²) < 4.78 is 24.2. The molecule has 0 fully saturated rings. The molecule has 0 spiro atoms. The van der Waals surface area contributed by atoms with E-state index in [9.17, 15) is 9.59 Å². The average molecular weight is 571 g/mol. The van der Waals surface area contributed by atoms with Crippen molar-refractivity contribution in [3.05, 3.63) is 115 Å². The third-order valence-corrected chi connectivity index (χ3v) is 7.58. The van der Waals surface area contributed by atoms with Gasteiger partial charge in [0.15, 0.2) is 16.3 Å². The average Bonchev–Trinajstić information content (AvgIpc) is 3.31. The Hall–Kier alpha value is -4.63. The van der Waals surface area contributed by atoms with Crippen LogP contribution in [0.3, 0.4) is 0 Å². The number of nitrogens with zero attached hydrogens (tertiary/aromatic N) is 2. The van der Waals surface area contributed by atoms with Gasteiger partial charge in [-0.15, -0.1) is 0 Å². The van der Waals surface area contributed by atoms with Crippen molar-refractivity contribution in [2.75, 3.05) is 27.4 Å². The Morgan fingerprint density at radius 1 is 0.951 bits per heavy atom. The summed E-state index contributed by atoms with van der Waals surface area (Å²) in [6, 6.07) is 21.6. The first-order valence-corrected chi connectivity index (χ1v) is 14.0. The molecule has 8 nitrogen and oxygen atoms in total. The van der Waals surface area contributed by atoms with Crippen LogP contribution in [-0.4, -0.2) is 38.0 Å². The van der Waals surface area contributed by atoms with E-state index in [-0.39, 0.29) is 12.2 Å². The summed E-state index contributed by atoms with van der Waals surface area (Å²) in [6.45, 7) is 4.37. The molecule has 1 aromatic heterocycles. The summed E-state index contributed by atoms with van der Waals surface area (Å²) in [7, 11) is 3.12. The van der Waals surface area contributed by atoms with E-state index in [2.05, 4.69) is 0 Å². The van der Waals surface area contributed by atoms with E-state index in [1.807, 2.05) is 73.7 Å². The molecule has 0 N–H and O–H groups in total. The highest BCUT2D eigenvalue weighted by Crippen LogP contribution is 2.36. The number of para-hydroxylation sites is 1. The maximum atomic E-state index is 14.1. The number of carbonyl (C=O) groups is 1. The molecule has 0 bridgehead atoms. The van der Waals surface area contributed by atoms with E-state index >= 15 is 0 Å². The van der Waals surface area contributed by atoms with Gasteiger partial charge in [-0.05, 0) is 43.7 Å². The summed E-state index contributed by atoms with van der Waals surface area (Å²) in [6.07, 6.45) is 1.76. The molecule has 9 heteroatoms. The highest BCUT2D eigenvalue weighted by molar-refractivity contribution is 7.07.